The van der Waals surface area contributed by atoms with Gasteiger partial charge in [0.25, 0.3) is 0 Å². The molecular formula is C20H23F2N3O3. The van der Waals surface area contributed by atoms with Crippen LogP contribution in [0.25, 0.3) is 0 Å². The highest BCUT2D eigenvalue weighted by atomic mass is 19.1. The van der Waals surface area contributed by atoms with E-state index in [2.05, 4.69) is 15.3 Å². The van der Waals surface area contributed by atoms with Crippen molar-refractivity contribution in [3.8, 4) is 17.5 Å². The molecule has 0 unspecified atom stereocenters. The van der Waals surface area contributed by atoms with Gasteiger partial charge in [-0.2, -0.15) is 0 Å². The van der Waals surface area contributed by atoms with E-state index in [1.165, 1.54) is 6.33 Å². The van der Waals surface area contributed by atoms with Gasteiger partial charge in [-0.3, -0.25) is 0 Å². The quantitative estimate of drug-likeness (QED) is 0.755. The molecule has 2 N–H and O–H groups in total. The van der Waals surface area contributed by atoms with E-state index >= 15 is 0 Å². The van der Waals surface area contributed by atoms with Crippen LogP contribution in [0, 0.1) is 11.6 Å². The van der Waals surface area contributed by atoms with E-state index in [0.29, 0.717) is 5.88 Å². The second-order valence-corrected chi connectivity index (χ2v) is 7.19. The third-order valence-corrected chi connectivity index (χ3v) is 5.05. The summed E-state index contributed by atoms with van der Waals surface area (Å²) in [6.07, 6.45) is 5.11. The van der Waals surface area contributed by atoms with E-state index in [0.717, 1.165) is 56.5 Å². The molecule has 0 amide bonds. The minimum Gasteiger partial charge on any atom is -0.474 e. The number of rotatable bonds is 7. The number of aliphatic hydroxyl groups excluding tert-OH is 1. The number of hydrogen-bond donors (Lipinski definition) is 2. The second-order valence-electron chi connectivity index (χ2n) is 7.19. The maximum absolute atomic E-state index is 14.4. The summed E-state index contributed by atoms with van der Waals surface area (Å²) in [4.78, 5) is 8.45. The van der Waals surface area contributed by atoms with Crippen LogP contribution in [-0.2, 0) is 6.42 Å². The lowest BCUT2D eigenvalue weighted by Gasteiger charge is -2.24. The molecule has 150 valence electrons. The zero-order valence-electron chi connectivity index (χ0n) is 15.5. The first kappa shape index (κ1) is 19.0. The summed E-state index contributed by atoms with van der Waals surface area (Å²) in [5.74, 6) is -0.696. The summed E-state index contributed by atoms with van der Waals surface area (Å²) in [7, 11) is 0. The summed E-state index contributed by atoms with van der Waals surface area (Å²) < 4.78 is 40.3. The highest BCUT2D eigenvalue weighted by Gasteiger charge is 2.33. The number of piperidine rings is 1. The van der Waals surface area contributed by atoms with E-state index in [1.807, 2.05) is 0 Å². The Bertz CT molecular complexity index is 840. The van der Waals surface area contributed by atoms with Crippen molar-refractivity contribution in [3.63, 3.8) is 0 Å². The van der Waals surface area contributed by atoms with Crippen LogP contribution in [-0.4, -0.2) is 40.9 Å². The molecule has 0 bridgehead atoms. The fraction of sp³-hybridized carbons (Fsp3) is 0.500. The number of benzene rings is 1. The third-order valence-electron chi connectivity index (χ3n) is 5.05. The normalized spacial score (nSPS) is 17.5. The highest BCUT2D eigenvalue weighted by Crippen LogP contribution is 2.48. The summed E-state index contributed by atoms with van der Waals surface area (Å²) in [6, 6.07) is 2.04. The van der Waals surface area contributed by atoms with Crippen molar-refractivity contribution in [1.29, 1.82) is 0 Å². The van der Waals surface area contributed by atoms with E-state index in [1.54, 1.807) is 0 Å². The maximum atomic E-state index is 14.4. The summed E-state index contributed by atoms with van der Waals surface area (Å²) in [5, 5.41) is 12.2. The third kappa shape index (κ3) is 4.23. The lowest BCUT2D eigenvalue weighted by atomic mass is 10.1. The first-order valence-electron chi connectivity index (χ1n) is 9.64. The number of halogens is 2. The number of nitrogens with zero attached hydrogens (tertiary/aromatic N) is 2. The molecule has 1 saturated carbocycles. The average Bonchev–Trinajstić information content (AvgIpc) is 3.52. The molecule has 0 radical (unpaired) electrons. The number of aromatic nitrogens is 2. The van der Waals surface area contributed by atoms with Gasteiger partial charge in [-0.05, 0) is 62.7 Å². The zero-order chi connectivity index (χ0) is 19.5. The molecule has 1 aromatic carbocycles. The van der Waals surface area contributed by atoms with Gasteiger partial charge in [0.2, 0.25) is 11.8 Å². The van der Waals surface area contributed by atoms with E-state index < -0.39 is 11.6 Å². The number of aliphatic hydroxyl groups is 1. The predicted octanol–water partition coefficient (Wildman–Crippen LogP) is 3.09. The van der Waals surface area contributed by atoms with Gasteiger partial charge in [0.15, 0.2) is 11.6 Å². The van der Waals surface area contributed by atoms with Crippen LogP contribution in [0.1, 0.15) is 42.7 Å². The monoisotopic (exact) mass is 391 g/mol. The van der Waals surface area contributed by atoms with Crippen LogP contribution in [0.5, 0.6) is 17.5 Å². The van der Waals surface area contributed by atoms with Crippen LogP contribution in [0.15, 0.2) is 18.5 Å². The Morgan fingerprint density at radius 1 is 1.04 bits per heavy atom. The molecule has 28 heavy (non-hydrogen) atoms. The standard InChI is InChI=1S/C20H23F2N3O3/c21-15-10-17(16(22)9-13(15)5-8-26)28-20-18(12-1-2-12)19(24-11-25-20)27-14-3-6-23-7-4-14/h9-12,14,23,26H,1-8H2. The summed E-state index contributed by atoms with van der Waals surface area (Å²) in [5.41, 5.74) is 0.827. The van der Waals surface area contributed by atoms with Gasteiger partial charge in [0.1, 0.15) is 18.2 Å². The molecule has 8 heteroatoms. The van der Waals surface area contributed by atoms with Crippen LogP contribution in [0.3, 0.4) is 0 Å². The SMILES string of the molecule is OCCc1cc(F)c(Oc2ncnc(OC3CCNCC3)c2C2CC2)cc1F. The van der Waals surface area contributed by atoms with Crippen LogP contribution in [0.2, 0.25) is 0 Å². The molecule has 0 atom stereocenters. The van der Waals surface area contributed by atoms with Crippen molar-refractivity contribution in [2.24, 2.45) is 0 Å². The number of ether oxygens (including phenoxy) is 2. The molecule has 4 rings (SSSR count). The summed E-state index contributed by atoms with van der Waals surface area (Å²) >= 11 is 0. The van der Waals surface area contributed by atoms with E-state index in [-0.39, 0.29) is 42.2 Å². The van der Waals surface area contributed by atoms with Crippen LogP contribution < -0.4 is 14.8 Å². The largest absolute Gasteiger partial charge is 0.474 e. The van der Waals surface area contributed by atoms with Gasteiger partial charge in [0, 0.05) is 12.7 Å². The van der Waals surface area contributed by atoms with Crippen molar-refractivity contribution in [2.75, 3.05) is 19.7 Å². The zero-order valence-corrected chi connectivity index (χ0v) is 15.5. The Morgan fingerprint density at radius 2 is 1.79 bits per heavy atom. The molecule has 1 saturated heterocycles. The molecule has 1 aromatic heterocycles. The van der Waals surface area contributed by atoms with E-state index in [9.17, 15) is 8.78 Å². The molecule has 2 heterocycles. The Kier molecular flexibility index (Phi) is 5.68. The molecular weight excluding hydrogens is 368 g/mol. The molecule has 6 nitrogen and oxygen atoms in total. The molecule has 2 aliphatic rings. The minimum absolute atomic E-state index is 0.0398. The lowest BCUT2D eigenvalue weighted by molar-refractivity contribution is 0.153. The van der Waals surface area contributed by atoms with Crippen LogP contribution >= 0.6 is 0 Å². The Morgan fingerprint density at radius 3 is 2.50 bits per heavy atom. The van der Waals surface area contributed by atoms with E-state index in [4.69, 9.17) is 14.6 Å². The minimum atomic E-state index is -0.703. The smallest absolute Gasteiger partial charge is 0.229 e. The van der Waals surface area contributed by atoms with Gasteiger partial charge in [0.05, 0.1) is 5.56 Å². The second kappa shape index (κ2) is 8.36. The van der Waals surface area contributed by atoms with Gasteiger partial charge in [-0.25, -0.2) is 18.7 Å². The van der Waals surface area contributed by atoms with Gasteiger partial charge < -0.3 is 19.9 Å². The first-order chi connectivity index (χ1) is 13.7. The van der Waals surface area contributed by atoms with Gasteiger partial charge in [-0.1, -0.05) is 0 Å². The maximum Gasteiger partial charge on any atom is 0.229 e. The van der Waals surface area contributed by atoms with Crippen molar-refractivity contribution < 1.29 is 23.4 Å². The Hall–Kier alpha value is -2.32. The number of hydrogen-bond acceptors (Lipinski definition) is 6. The summed E-state index contributed by atoms with van der Waals surface area (Å²) in [6.45, 7) is 1.52. The lowest BCUT2D eigenvalue weighted by Crippen LogP contribution is -2.34. The van der Waals surface area contributed by atoms with Crippen LogP contribution in [0.4, 0.5) is 8.78 Å². The Balaban J connectivity index is 1.61. The molecule has 1 aliphatic heterocycles. The molecule has 2 fully saturated rings. The average molecular weight is 391 g/mol. The molecule has 1 aliphatic carbocycles. The predicted molar refractivity (Wildman–Crippen MR) is 97.7 cm³/mol. The van der Waals surface area contributed by atoms with Crippen molar-refractivity contribution in [2.45, 2.75) is 44.1 Å². The fourth-order valence-corrected chi connectivity index (χ4v) is 3.40. The Labute approximate surface area is 161 Å². The van der Waals surface area contributed by atoms with Crippen molar-refractivity contribution in [1.82, 2.24) is 15.3 Å². The highest BCUT2D eigenvalue weighted by molar-refractivity contribution is 5.43. The number of nitrogens with one attached hydrogen (secondary N) is 1. The molecule has 0 spiro atoms. The van der Waals surface area contributed by atoms with Gasteiger partial charge in [-0.15, -0.1) is 0 Å². The van der Waals surface area contributed by atoms with Gasteiger partial charge >= 0.3 is 0 Å². The fourth-order valence-electron chi connectivity index (χ4n) is 3.40. The molecule has 2 aromatic rings. The van der Waals surface area contributed by atoms with Crippen molar-refractivity contribution in [3.05, 3.63) is 41.2 Å². The topological polar surface area (TPSA) is 76.5 Å². The van der Waals surface area contributed by atoms with Crippen molar-refractivity contribution >= 4 is 0 Å². The first-order valence-corrected chi connectivity index (χ1v) is 9.64.